The highest BCUT2D eigenvalue weighted by Crippen LogP contribution is 2.32. The van der Waals surface area contributed by atoms with Gasteiger partial charge in [-0.1, -0.05) is 6.07 Å². The summed E-state index contributed by atoms with van der Waals surface area (Å²) in [5, 5.41) is 0. The zero-order valence-electron chi connectivity index (χ0n) is 19.2. The molecule has 9 nitrogen and oxygen atoms in total. The Balaban J connectivity index is 1.19. The Morgan fingerprint density at radius 1 is 0.879 bits per heavy atom. The van der Waals surface area contributed by atoms with Crippen molar-refractivity contribution in [2.75, 3.05) is 76.0 Å². The van der Waals surface area contributed by atoms with Gasteiger partial charge in [0.25, 0.3) is 0 Å². The summed E-state index contributed by atoms with van der Waals surface area (Å²) in [7, 11) is 2.15. The molecule has 0 unspecified atom stereocenters. The van der Waals surface area contributed by atoms with Crippen molar-refractivity contribution in [1.82, 2.24) is 19.8 Å². The monoisotopic (exact) mass is 450 g/mol. The number of aryl methyl sites for hydroxylation is 1. The molecule has 2 fully saturated rings. The molecule has 33 heavy (non-hydrogen) atoms. The zero-order chi connectivity index (χ0) is 22.8. The van der Waals surface area contributed by atoms with Crippen molar-refractivity contribution in [2.24, 2.45) is 0 Å². The second-order valence-corrected chi connectivity index (χ2v) is 8.68. The summed E-state index contributed by atoms with van der Waals surface area (Å²) in [6, 6.07) is 7.77. The van der Waals surface area contributed by atoms with E-state index in [4.69, 9.17) is 9.47 Å². The molecule has 3 aliphatic rings. The second-order valence-electron chi connectivity index (χ2n) is 8.68. The lowest BCUT2D eigenvalue weighted by atomic mass is 10.2. The van der Waals surface area contributed by atoms with E-state index < -0.39 is 0 Å². The first-order chi connectivity index (χ1) is 16.0. The van der Waals surface area contributed by atoms with E-state index in [0.717, 1.165) is 68.0 Å². The van der Waals surface area contributed by atoms with Crippen LogP contribution < -0.4 is 19.3 Å². The molecule has 9 heteroatoms. The van der Waals surface area contributed by atoms with Gasteiger partial charge in [0.1, 0.15) is 17.5 Å². The number of likely N-dealkylation sites (N-methyl/N-ethyl adjacent to an activating group) is 1. The first-order valence-corrected chi connectivity index (χ1v) is 11.5. The average molecular weight is 451 g/mol. The number of piperazine rings is 2. The number of aromatic nitrogens is 2. The molecule has 1 aromatic heterocycles. The maximum absolute atomic E-state index is 12.7. The van der Waals surface area contributed by atoms with Gasteiger partial charge in [-0.05, 0) is 37.7 Å². The lowest BCUT2D eigenvalue weighted by Gasteiger charge is -2.36. The van der Waals surface area contributed by atoms with Crippen molar-refractivity contribution in [2.45, 2.75) is 6.92 Å². The minimum absolute atomic E-state index is 0.0179. The first kappa shape index (κ1) is 21.5. The predicted molar refractivity (Wildman–Crippen MR) is 127 cm³/mol. The number of amides is 1. The molecule has 5 rings (SSSR count). The van der Waals surface area contributed by atoms with E-state index in [2.05, 4.69) is 37.8 Å². The molecule has 4 heterocycles. The lowest BCUT2D eigenvalue weighted by molar-refractivity contribution is -0.126. The fourth-order valence-electron chi connectivity index (χ4n) is 4.34. The average Bonchev–Trinajstić information content (AvgIpc) is 3.31. The van der Waals surface area contributed by atoms with Gasteiger partial charge in [-0.2, -0.15) is 0 Å². The largest absolute Gasteiger partial charge is 0.454 e. The molecule has 0 saturated carbocycles. The van der Waals surface area contributed by atoms with E-state index >= 15 is 0 Å². The lowest BCUT2D eigenvalue weighted by Crippen LogP contribution is -2.49. The fourth-order valence-corrected chi connectivity index (χ4v) is 4.34. The van der Waals surface area contributed by atoms with Crippen molar-refractivity contribution in [1.29, 1.82) is 0 Å². The smallest absolute Gasteiger partial charge is 0.246 e. The summed E-state index contributed by atoms with van der Waals surface area (Å²) in [6.45, 7) is 9.06. The Morgan fingerprint density at radius 3 is 2.21 bits per heavy atom. The number of carbonyl (C=O) groups is 1. The van der Waals surface area contributed by atoms with Gasteiger partial charge in [-0.3, -0.25) is 4.79 Å². The summed E-state index contributed by atoms with van der Waals surface area (Å²) >= 11 is 0. The molecule has 0 spiro atoms. The van der Waals surface area contributed by atoms with Crippen LogP contribution in [0.5, 0.6) is 11.5 Å². The zero-order valence-corrected chi connectivity index (χ0v) is 19.2. The molecule has 0 radical (unpaired) electrons. The van der Waals surface area contributed by atoms with Crippen molar-refractivity contribution in [3.63, 3.8) is 0 Å². The van der Waals surface area contributed by atoms with Gasteiger partial charge in [0.2, 0.25) is 12.7 Å². The molecule has 0 atom stereocenters. The van der Waals surface area contributed by atoms with Crippen LogP contribution in [0, 0.1) is 6.92 Å². The van der Waals surface area contributed by atoms with E-state index in [9.17, 15) is 4.79 Å². The molecule has 1 aromatic carbocycles. The Morgan fingerprint density at radius 2 is 1.52 bits per heavy atom. The summed E-state index contributed by atoms with van der Waals surface area (Å²) in [4.78, 5) is 30.9. The van der Waals surface area contributed by atoms with E-state index in [-0.39, 0.29) is 12.7 Å². The minimum atomic E-state index is 0.0179. The van der Waals surface area contributed by atoms with Gasteiger partial charge in [-0.15, -0.1) is 0 Å². The minimum Gasteiger partial charge on any atom is -0.454 e. The van der Waals surface area contributed by atoms with E-state index in [1.807, 2.05) is 36.1 Å². The number of ether oxygens (including phenoxy) is 2. The van der Waals surface area contributed by atoms with Gasteiger partial charge in [0.05, 0.1) is 0 Å². The Kier molecular flexibility index (Phi) is 6.04. The highest BCUT2D eigenvalue weighted by atomic mass is 16.7. The molecule has 2 saturated heterocycles. The molecule has 1 amide bonds. The third kappa shape index (κ3) is 4.88. The molecule has 0 bridgehead atoms. The first-order valence-electron chi connectivity index (χ1n) is 11.5. The number of hydrogen-bond donors (Lipinski definition) is 0. The second kappa shape index (κ2) is 9.27. The van der Waals surface area contributed by atoms with Crippen LogP contribution in [-0.4, -0.2) is 91.9 Å². The fraction of sp³-hybridized carbons (Fsp3) is 0.458. The topological polar surface area (TPSA) is 74.3 Å². The number of anilines is 2. The standard InChI is InChI=1S/C24H30N6O3/c1-18-25-22(28-9-7-27(2)8-10-28)16-23(26-18)29-11-13-30(14-12-29)24(31)6-4-19-3-5-20-21(15-19)33-17-32-20/h3-6,15-16H,7-14,17H2,1-2H3/b6-4+. The number of hydrogen-bond acceptors (Lipinski definition) is 8. The number of nitrogens with zero attached hydrogens (tertiary/aromatic N) is 6. The van der Waals surface area contributed by atoms with Crippen LogP contribution in [0.2, 0.25) is 0 Å². The molecule has 2 aromatic rings. The number of rotatable bonds is 4. The molecular weight excluding hydrogens is 420 g/mol. The van der Waals surface area contributed by atoms with Gasteiger partial charge in [0.15, 0.2) is 11.5 Å². The SMILES string of the molecule is Cc1nc(N2CCN(C)CC2)cc(N2CCN(C(=O)/C=C/c3ccc4c(c3)OCO4)CC2)n1. The van der Waals surface area contributed by atoms with Crippen LogP contribution in [0.1, 0.15) is 11.4 Å². The Hall–Kier alpha value is -3.33. The van der Waals surface area contributed by atoms with E-state index in [0.29, 0.717) is 18.8 Å². The van der Waals surface area contributed by atoms with Crippen LogP contribution in [-0.2, 0) is 4.79 Å². The van der Waals surface area contributed by atoms with Crippen molar-refractivity contribution >= 4 is 23.6 Å². The van der Waals surface area contributed by atoms with Crippen LogP contribution in [0.15, 0.2) is 30.3 Å². The maximum Gasteiger partial charge on any atom is 0.246 e. The molecule has 0 aliphatic carbocycles. The number of benzene rings is 1. The summed E-state index contributed by atoms with van der Waals surface area (Å²) in [5.41, 5.74) is 0.916. The van der Waals surface area contributed by atoms with Gasteiger partial charge < -0.3 is 29.1 Å². The maximum atomic E-state index is 12.7. The highest BCUT2D eigenvalue weighted by Gasteiger charge is 2.23. The predicted octanol–water partition coefficient (Wildman–Crippen LogP) is 1.63. The van der Waals surface area contributed by atoms with Gasteiger partial charge in [0, 0.05) is 64.5 Å². The Bertz CT molecular complexity index is 1040. The summed E-state index contributed by atoms with van der Waals surface area (Å²) < 4.78 is 10.7. The van der Waals surface area contributed by atoms with Crippen LogP contribution >= 0.6 is 0 Å². The van der Waals surface area contributed by atoms with Crippen molar-refractivity contribution < 1.29 is 14.3 Å². The number of fused-ring (bicyclic) bond motifs is 1. The van der Waals surface area contributed by atoms with Gasteiger partial charge >= 0.3 is 0 Å². The Labute approximate surface area is 194 Å². The van der Waals surface area contributed by atoms with Crippen molar-refractivity contribution in [3.8, 4) is 11.5 Å². The highest BCUT2D eigenvalue weighted by molar-refractivity contribution is 5.92. The van der Waals surface area contributed by atoms with Crippen LogP contribution in [0.4, 0.5) is 11.6 Å². The van der Waals surface area contributed by atoms with E-state index in [1.165, 1.54) is 0 Å². The summed E-state index contributed by atoms with van der Waals surface area (Å²) in [6.07, 6.45) is 3.46. The quantitative estimate of drug-likeness (QED) is 0.651. The summed E-state index contributed by atoms with van der Waals surface area (Å²) in [5.74, 6) is 4.20. The van der Waals surface area contributed by atoms with Crippen LogP contribution in [0.25, 0.3) is 6.08 Å². The third-order valence-electron chi connectivity index (χ3n) is 6.37. The van der Waals surface area contributed by atoms with Crippen molar-refractivity contribution in [3.05, 3.63) is 41.7 Å². The molecule has 174 valence electrons. The van der Waals surface area contributed by atoms with Gasteiger partial charge in [-0.25, -0.2) is 9.97 Å². The molecule has 3 aliphatic heterocycles. The molecule has 0 N–H and O–H groups in total. The van der Waals surface area contributed by atoms with E-state index in [1.54, 1.807) is 6.08 Å². The normalized spacial score (nSPS) is 18.9. The third-order valence-corrected chi connectivity index (χ3v) is 6.37. The van der Waals surface area contributed by atoms with Crippen LogP contribution in [0.3, 0.4) is 0 Å². The number of carbonyl (C=O) groups excluding carboxylic acids is 1. The molecular formula is C24H30N6O3.